The van der Waals surface area contributed by atoms with Crippen molar-refractivity contribution in [3.63, 3.8) is 0 Å². The van der Waals surface area contributed by atoms with Crippen molar-refractivity contribution in [3.05, 3.63) is 23.8 Å². The largest absolute Gasteiger partial charge is 0.478 e. The van der Waals surface area contributed by atoms with Gasteiger partial charge in [0, 0.05) is 5.69 Å². The number of thiol groups is 1. The van der Waals surface area contributed by atoms with Crippen LogP contribution in [0.2, 0.25) is 0 Å². The summed E-state index contributed by atoms with van der Waals surface area (Å²) >= 11 is 5.50. The fraction of sp³-hybridized carbons (Fsp3) is 0. The molecule has 2 aromatic rings. The Morgan fingerprint density at radius 2 is 2.21 bits per heavy atom. The van der Waals surface area contributed by atoms with Crippen molar-refractivity contribution < 1.29 is 9.90 Å². The first-order chi connectivity index (χ1) is 6.59. The fourth-order valence-corrected chi connectivity index (χ4v) is 2.69. The van der Waals surface area contributed by atoms with Crippen LogP contribution >= 0.6 is 24.0 Å². The molecule has 0 radical (unpaired) electrons. The van der Waals surface area contributed by atoms with Gasteiger partial charge in [-0.25, -0.2) is 4.79 Å². The topological polar surface area (TPSA) is 63.3 Å². The molecule has 0 bridgehead atoms. The summed E-state index contributed by atoms with van der Waals surface area (Å²) < 4.78 is 1.47. The molecule has 0 atom stereocenters. The second-order valence-electron chi connectivity index (χ2n) is 2.84. The number of aromatic carboxylic acids is 1. The minimum absolute atomic E-state index is 0.174. The van der Waals surface area contributed by atoms with Crippen molar-refractivity contribution in [2.24, 2.45) is 0 Å². The van der Waals surface area contributed by atoms with Crippen LogP contribution in [0.15, 0.2) is 22.4 Å². The molecule has 2 rings (SSSR count). The van der Waals surface area contributed by atoms with Crippen LogP contribution in [0.25, 0.3) is 10.1 Å². The van der Waals surface area contributed by atoms with E-state index in [1.165, 1.54) is 11.3 Å². The average molecular weight is 225 g/mol. The standard InChI is InChI=1S/C9H7NO2S2/c10-5-2-1-4-3-6(13)14-8(4)7(5)9(11)12/h1-3,13H,10H2,(H,11,12). The maximum atomic E-state index is 10.9. The third kappa shape index (κ3) is 1.34. The first-order valence-electron chi connectivity index (χ1n) is 3.84. The van der Waals surface area contributed by atoms with E-state index in [0.29, 0.717) is 10.4 Å². The summed E-state index contributed by atoms with van der Waals surface area (Å²) in [6.45, 7) is 0. The van der Waals surface area contributed by atoms with Crippen LogP contribution in [-0.2, 0) is 0 Å². The van der Waals surface area contributed by atoms with Crippen LogP contribution in [0.1, 0.15) is 10.4 Å². The molecule has 3 nitrogen and oxygen atoms in total. The number of nitrogen functional groups attached to an aromatic ring is 1. The van der Waals surface area contributed by atoms with E-state index >= 15 is 0 Å². The number of fused-ring (bicyclic) bond motifs is 1. The molecule has 0 fully saturated rings. The highest BCUT2D eigenvalue weighted by molar-refractivity contribution is 7.83. The summed E-state index contributed by atoms with van der Waals surface area (Å²) in [5.41, 5.74) is 6.06. The van der Waals surface area contributed by atoms with Gasteiger partial charge in [0.15, 0.2) is 0 Å². The molecule has 0 aliphatic rings. The van der Waals surface area contributed by atoms with Gasteiger partial charge in [-0.15, -0.1) is 24.0 Å². The molecular formula is C9H7NO2S2. The molecule has 3 N–H and O–H groups in total. The Balaban J connectivity index is 2.88. The fourth-order valence-electron chi connectivity index (χ4n) is 1.33. The molecule has 0 amide bonds. The second-order valence-corrected chi connectivity index (χ2v) is 4.67. The molecule has 1 aromatic heterocycles. The zero-order valence-corrected chi connectivity index (χ0v) is 8.73. The number of carboxylic acids is 1. The Morgan fingerprint density at radius 1 is 1.50 bits per heavy atom. The Morgan fingerprint density at radius 3 is 2.86 bits per heavy atom. The van der Waals surface area contributed by atoms with Crippen molar-refractivity contribution >= 4 is 45.7 Å². The molecule has 0 aliphatic heterocycles. The van der Waals surface area contributed by atoms with Crippen LogP contribution in [0.4, 0.5) is 5.69 Å². The Bertz CT molecular complexity index is 519. The summed E-state index contributed by atoms with van der Waals surface area (Å²) in [4.78, 5) is 10.9. The smallest absolute Gasteiger partial charge is 0.339 e. The van der Waals surface area contributed by atoms with Crippen molar-refractivity contribution in [2.45, 2.75) is 4.21 Å². The number of anilines is 1. The van der Waals surface area contributed by atoms with Gasteiger partial charge < -0.3 is 10.8 Å². The van der Waals surface area contributed by atoms with Gasteiger partial charge in [-0.3, -0.25) is 0 Å². The highest BCUT2D eigenvalue weighted by Crippen LogP contribution is 2.33. The zero-order chi connectivity index (χ0) is 10.3. The maximum Gasteiger partial charge on any atom is 0.339 e. The van der Waals surface area contributed by atoms with Gasteiger partial charge in [0.25, 0.3) is 0 Å². The summed E-state index contributed by atoms with van der Waals surface area (Å²) in [6.07, 6.45) is 0. The number of benzene rings is 1. The minimum Gasteiger partial charge on any atom is -0.478 e. The lowest BCUT2D eigenvalue weighted by atomic mass is 10.1. The van der Waals surface area contributed by atoms with E-state index in [1.54, 1.807) is 12.1 Å². The lowest BCUT2D eigenvalue weighted by Gasteiger charge is -2.00. The maximum absolute atomic E-state index is 10.9. The van der Waals surface area contributed by atoms with Gasteiger partial charge in [-0.05, 0) is 17.5 Å². The molecule has 0 unspecified atom stereocenters. The van der Waals surface area contributed by atoms with E-state index in [1.807, 2.05) is 6.07 Å². The van der Waals surface area contributed by atoms with E-state index in [9.17, 15) is 4.79 Å². The van der Waals surface area contributed by atoms with E-state index in [4.69, 9.17) is 10.8 Å². The number of carbonyl (C=O) groups is 1. The van der Waals surface area contributed by atoms with Crippen molar-refractivity contribution in [2.75, 3.05) is 5.73 Å². The number of thiophene rings is 1. The normalized spacial score (nSPS) is 10.6. The summed E-state index contributed by atoms with van der Waals surface area (Å²) in [6, 6.07) is 5.23. The van der Waals surface area contributed by atoms with Gasteiger partial charge in [0.05, 0.1) is 8.91 Å². The quantitative estimate of drug-likeness (QED) is 0.516. The summed E-state index contributed by atoms with van der Waals surface area (Å²) in [5, 5.41) is 9.84. The molecule has 0 saturated heterocycles. The van der Waals surface area contributed by atoms with Gasteiger partial charge in [-0.1, -0.05) is 6.07 Å². The van der Waals surface area contributed by atoms with Crippen molar-refractivity contribution in [3.8, 4) is 0 Å². The monoisotopic (exact) mass is 225 g/mol. The molecule has 0 saturated carbocycles. The van der Waals surface area contributed by atoms with Crippen LogP contribution in [0.5, 0.6) is 0 Å². The predicted octanol–water partition coefficient (Wildman–Crippen LogP) is 2.47. The molecule has 72 valence electrons. The van der Waals surface area contributed by atoms with Gasteiger partial charge in [0.2, 0.25) is 0 Å². The Kier molecular flexibility index (Phi) is 2.13. The number of rotatable bonds is 1. The Labute approximate surface area is 89.6 Å². The number of carboxylic acid groups (broad SMARTS) is 1. The molecule has 0 aliphatic carbocycles. The number of hydrogen-bond donors (Lipinski definition) is 3. The minimum atomic E-state index is -0.997. The third-order valence-electron chi connectivity index (χ3n) is 1.92. The average Bonchev–Trinajstić information content (AvgIpc) is 2.43. The Hall–Kier alpha value is -1.20. The van der Waals surface area contributed by atoms with Gasteiger partial charge >= 0.3 is 5.97 Å². The van der Waals surface area contributed by atoms with Crippen LogP contribution < -0.4 is 5.73 Å². The number of hydrogen-bond acceptors (Lipinski definition) is 4. The highest BCUT2D eigenvalue weighted by Gasteiger charge is 2.14. The van der Waals surface area contributed by atoms with Crippen LogP contribution in [-0.4, -0.2) is 11.1 Å². The lowest BCUT2D eigenvalue weighted by Crippen LogP contribution is -2.01. The van der Waals surface area contributed by atoms with E-state index < -0.39 is 5.97 Å². The van der Waals surface area contributed by atoms with Crippen molar-refractivity contribution in [1.29, 1.82) is 0 Å². The SMILES string of the molecule is Nc1ccc2cc(S)sc2c1C(=O)O. The molecule has 1 heterocycles. The highest BCUT2D eigenvalue weighted by atomic mass is 32.2. The lowest BCUT2D eigenvalue weighted by molar-refractivity contribution is 0.0700. The van der Waals surface area contributed by atoms with E-state index in [0.717, 1.165) is 9.60 Å². The van der Waals surface area contributed by atoms with E-state index in [2.05, 4.69) is 12.6 Å². The predicted molar refractivity (Wildman–Crippen MR) is 60.4 cm³/mol. The molecule has 5 heteroatoms. The third-order valence-corrected chi connectivity index (χ3v) is 3.29. The van der Waals surface area contributed by atoms with Gasteiger partial charge in [0.1, 0.15) is 5.56 Å². The first kappa shape index (κ1) is 9.36. The van der Waals surface area contributed by atoms with Gasteiger partial charge in [-0.2, -0.15) is 0 Å². The van der Waals surface area contributed by atoms with E-state index in [-0.39, 0.29) is 5.56 Å². The first-order valence-corrected chi connectivity index (χ1v) is 5.10. The summed E-state index contributed by atoms with van der Waals surface area (Å²) in [5.74, 6) is -0.997. The van der Waals surface area contributed by atoms with Crippen molar-refractivity contribution in [1.82, 2.24) is 0 Å². The van der Waals surface area contributed by atoms with Crippen LogP contribution in [0.3, 0.4) is 0 Å². The molecule has 1 aromatic carbocycles. The molecule has 0 spiro atoms. The second kappa shape index (κ2) is 3.18. The molecular weight excluding hydrogens is 218 g/mol. The number of nitrogens with two attached hydrogens (primary N) is 1. The zero-order valence-electron chi connectivity index (χ0n) is 7.02. The van der Waals surface area contributed by atoms with Crippen LogP contribution in [0, 0.1) is 0 Å². The molecule has 14 heavy (non-hydrogen) atoms. The summed E-state index contributed by atoms with van der Waals surface area (Å²) in [7, 11) is 0.